The number of benzene rings is 2. The Morgan fingerprint density at radius 1 is 1.00 bits per heavy atom. The van der Waals surface area contributed by atoms with Crippen molar-refractivity contribution in [2.45, 2.75) is 33.4 Å². The molecule has 3 aromatic rings. The minimum Gasteiger partial charge on any atom is -0.490 e. The number of amides is 2. The Balaban J connectivity index is 1.59. The van der Waals surface area contributed by atoms with Gasteiger partial charge in [-0.1, -0.05) is 55.8 Å². The summed E-state index contributed by atoms with van der Waals surface area (Å²) in [6, 6.07) is 16.9. The van der Waals surface area contributed by atoms with Crippen molar-refractivity contribution in [2.24, 2.45) is 5.92 Å². The first-order valence-corrected chi connectivity index (χ1v) is 11.4. The first-order chi connectivity index (χ1) is 16.4. The first kappa shape index (κ1) is 25.1. The predicted molar refractivity (Wildman–Crippen MR) is 131 cm³/mol. The number of carbonyl (C=O) groups is 2. The number of para-hydroxylation sites is 2. The van der Waals surface area contributed by atoms with Gasteiger partial charge in [-0.15, -0.1) is 0 Å². The maximum absolute atomic E-state index is 12.8. The van der Waals surface area contributed by atoms with E-state index in [0.717, 1.165) is 5.56 Å². The molecule has 1 unspecified atom stereocenters. The van der Waals surface area contributed by atoms with Crippen LogP contribution in [0.25, 0.3) is 0 Å². The lowest BCUT2D eigenvalue weighted by Gasteiger charge is -2.22. The van der Waals surface area contributed by atoms with E-state index in [-0.39, 0.29) is 18.4 Å². The van der Waals surface area contributed by atoms with E-state index in [2.05, 4.69) is 15.6 Å². The lowest BCUT2D eigenvalue weighted by Crippen LogP contribution is -2.49. The maximum atomic E-state index is 12.8. The zero-order chi connectivity index (χ0) is 24.5. The van der Waals surface area contributed by atoms with Crippen LogP contribution in [0.1, 0.15) is 36.7 Å². The Morgan fingerprint density at radius 2 is 1.71 bits per heavy atom. The van der Waals surface area contributed by atoms with Crippen LogP contribution in [-0.2, 0) is 11.3 Å². The van der Waals surface area contributed by atoms with Gasteiger partial charge in [-0.3, -0.25) is 9.59 Å². The molecule has 2 amide bonds. The third-order valence-corrected chi connectivity index (χ3v) is 5.31. The lowest BCUT2D eigenvalue weighted by atomic mass is 10.0. The highest BCUT2D eigenvalue weighted by Crippen LogP contribution is 2.30. The molecule has 8 heteroatoms. The predicted octanol–water partition coefficient (Wildman–Crippen LogP) is 5.00. The van der Waals surface area contributed by atoms with Crippen molar-refractivity contribution < 1.29 is 19.1 Å². The van der Waals surface area contributed by atoms with Crippen molar-refractivity contribution in [3.8, 4) is 17.4 Å². The number of nitrogens with zero attached hydrogens (tertiary/aromatic N) is 1. The van der Waals surface area contributed by atoms with E-state index in [1.54, 1.807) is 36.5 Å². The van der Waals surface area contributed by atoms with Crippen LogP contribution in [0.3, 0.4) is 0 Å². The highest BCUT2D eigenvalue weighted by atomic mass is 35.5. The van der Waals surface area contributed by atoms with Gasteiger partial charge in [0.15, 0.2) is 11.5 Å². The molecule has 1 aromatic heterocycles. The lowest BCUT2D eigenvalue weighted by molar-refractivity contribution is -0.124. The van der Waals surface area contributed by atoms with E-state index in [9.17, 15) is 9.59 Å². The summed E-state index contributed by atoms with van der Waals surface area (Å²) in [5.41, 5.74) is 1.12. The summed E-state index contributed by atoms with van der Waals surface area (Å²) in [5.74, 6) is 0.824. The molecule has 2 aromatic carbocycles. The second-order valence-electron chi connectivity index (χ2n) is 7.88. The van der Waals surface area contributed by atoms with Gasteiger partial charge in [-0.05, 0) is 42.7 Å². The fourth-order valence-corrected chi connectivity index (χ4v) is 3.42. The Morgan fingerprint density at radius 3 is 2.35 bits per heavy atom. The Hall–Kier alpha value is -3.58. The Labute approximate surface area is 204 Å². The molecule has 34 heavy (non-hydrogen) atoms. The van der Waals surface area contributed by atoms with Gasteiger partial charge in [0.1, 0.15) is 6.04 Å². The molecule has 0 saturated heterocycles. The van der Waals surface area contributed by atoms with Gasteiger partial charge in [-0.2, -0.15) is 0 Å². The zero-order valence-corrected chi connectivity index (χ0v) is 20.1. The average molecular weight is 482 g/mol. The number of aromatic nitrogens is 1. The van der Waals surface area contributed by atoms with Crippen LogP contribution in [0.2, 0.25) is 5.02 Å². The maximum Gasteiger partial charge on any atom is 0.253 e. The Kier molecular flexibility index (Phi) is 8.87. The summed E-state index contributed by atoms with van der Waals surface area (Å²) in [4.78, 5) is 29.7. The van der Waals surface area contributed by atoms with Gasteiger partial charge < -0.3 is 20.1 Å². The summed E-state index contributed by atoms with van der Waals surface area (Å²) < 4.78 is 11.4. The second-order valence-corrected chi connectivity index (χ2v) is 8.29. The van der Waals surface area contributed by atoms with E-state index in [1.807, 2.05) is 51.1 Å². The van der Waals surface area contributed by atoms with Crippen molar-refractivity contribution in [3.05, 3.63) is 83.0 Å². The van der Waals surface area contributed by atoms with Crippen molar-refractivity contribution in [2.75, 3.05) is 6.61 Å². The molecule has 178 valence electrons. The molecule has 7 nitrogen and oxygen atoms in total. The van der Waals surface area contributed by atoms with Gasteiger partial charge in [0, 0.05) is 18.8 Å². The fraction of sp³-hybridized carbons (Fsp3) is 0.269. The largest absolute Gasteiger partial charge is 0.490 e. The van der Waals surface area contributed by atoms with Crippen molar-refractivity contribution in [3.63, 3.8) is 0 Å². The van der Waals surface area contributed by atoms with Crippen LogP contribution in [-0.4, -0.2) is 29.4 Å². The van der Waals surface area contributed by atoms with Crippen molar-refractivity contribution in [1.82, 2.24) is 15.6 Å². The highest BCUT2D eigenvalue weighted by molar-refractivity contribution is 6.33. The molecule has 0 fully saturated rings. The molecule has 0 aliphatic carbocycles. The molecular weight excluding hydrogens is 454 g/mol. The quantitative estimate of drug-likeness (QED) is 0.425. The first-order valence-electron chi connectivity index (χ1n) is 11.1. The van der Waals surface area contributed by atoms with Gasteiger partial charge in [0.25, 0.3) is 5.91 Å². The van der Waals surface area contributed by atoms with E-state index >= 15 is 0 Å². The Bertz CT molecular complexity index is 1120. The smallest absolute Gasteiger partial charge is 0.253 e. The van der Waals surface area contributed by atoms with Crippen LogP contribution in [0, 0.1) is 5.92 Å². The number of carbonyl (C=O) groups excluding carboxylic acids is 2. The number of nitrogens with one attached hydrogen (secondary N) is 2. The monoisotopic (exact) mass is 481 g/mol. The minimum absolute atomic E-state index is 0.120. The third-order valence-electron chi connectivity index (χ3n) is 4.98. The SMILES string of the molecule is CCOc1ccccc1Oc1ccc(CNC(=O)C(NC(=O)c2ccccc2Cl)C(C)C)cn1. The normalized spacial score (nSPS) is 11.6. The second kappa shape index (κ2) is 12.0. The van der Waals surface area contributed by atoms with Crippen LogP contribution in [0.15, 0.2) is 66.9 Å². The summed E-state index contributed by atoms with van der Waals surface area (Å²) in [5, 5.41) is 5.97. The van der Waals surface area contributed by atoms with E-state index in [1.165, 1.54) is 0 Å². The standard InChI is InChI=1S/C26H28ClN3O4/c1-4-33-21-11-7-8-12-22(21)34-23-14-13-18(15-28-23)16-29-26(32)24(17(2)3)30-25(31)19-9-5-6-10-20(19)27/h5-15,17,24H,4,16H2,1-3H3,(H,29,32)(H,30,31). The number of hydrogen-bond acceptors (Lipinski definition) is 5. The number of halogens is 1. The van der Waals surface area contributed by atoms with Gasteiger partial charge in [0.2, 0.25) is 11.8 Å². The number of hydrogen-bond donors (Lipinski definition) is 2. The number of rotatable bonds is 10. The molecule has 0 bridgehead atoms. The molecule has 0 spiro atoms. The molecule has 0 radical (unpaired) electrons. The summed E-state index contributed by atoms with van der Waals surface area (Å²) >= 11 is 6.11. The van der Waals surface area contributed by atoms with Gasteiger partial charge >= 0.3 is 0 Å². The van der Waals surface area contributed by atoms with Crippen LogP contribution in [0.5, 0.6) is 17.4 Å². The number of ether oxygens (including phenoxy) is 2. The zero-order valence-electron chi connectivity index (χ0n) is 19.4. The molecule has 3 rings (SSSR count). The summed E-state index contributed by atoms with van der Waals surface area (Å²) in [7, 11) is 0. The van der Waals surface area contributed by atoms with E-state index < -0.39 is 11.9 Å². The number of pyridine rings is 1. The molecule has 1 atom stereocenters. The molecule has 0 aliphatic heterocycles. The average Bonchev–Trinajstić information content (AvgIpc) is 2.83. The minimum atomic E-state index is -0.714. The van der Waals surface area contributed by atoms with Crippen LogP contribution >= 0.6 is 11.6 Å². The highest BCUT2D eigenvalue weighted by Gasteiger charge is 2.25. The van der Waals surface area contributed by atoms with Gasteiger partial charge in [-0.25, -0.2) is 4.98 Å². The van der Waals surface area contributed by atoms with Crippen LogP contribution in [0.4, 0.5) is 0 Å². The van der Waals surface area contributed by atoms with Crippen molar-refractivity contribution in [1.29, 1.82) is 0 Å². The summed E-state index contributed by atoms with van der Waals surface area (Å²) in [6.45, 7) is 6.43. The topological polar surface area (TPSA) is 89.5 Å². The van der Waals surface area contributed by atoms with Crippen molar-refractivity contribution >= 4 is 23.4 Å². The fourth-order valence-electron chi connectivity index (χ4n) is 3.20. The third kappa shape index (κ3) is 6.71. The molecule has 0 aliphatic rings. The molecular formula is C26H28ClN3O4. The molecule has 0 saturated carbocycles. The van der Waals surface area contributed by atoms with Crippen LogP contribution < -0.4 is 20.1 Å². The molecule has 2 N–H and O–H groups in total. The molecule has 1 heterocycles. The van der Waals surface area contributed by atoms with Gasteiger partial charge in [0.05, 0.1) is 17.2 Å². The van der Waals surface area contributed by atoms with E-state index in [4.69, 9.17) is 21.1 Å². The summed E-state index contributed by atoms with van der Waals surface area (Å²) in [6.07, 6.45) is 1.63. The van der Waals surface area contributed by atoms with E-state index in [0.29, 0.717) is 34.6 Å².